The average molecular weight is 623 g/mol. The molecule has 3 aromatic rings. The van der Waals surface area contributed by atoms with Crippen molar-refractivity contribution < 1.29 is 38.5 Å². The van der Waals surface area contributed by atoms with Crippen molar-refractivity contribution in [2.75, 3.05) is 18.0 Å². The van der Waals surface area contributed by atoms with Gasteiger partial charge >= 0.3 is 18.3 Å². The van der Waals surface area contributed by atoms with E-state index in [2.05, 4.69) is 16.5 Å². The molecule has 0 fully saturated rings. The number of hydrogen-bond acceptors (Lipinski definition) is 10. The van der Waals surface area contributed by atoms with Gasteiger partial charge in [0.2, 0.25) is 5.95 Å². The molecule has 2 aromatic heterocycles. The minimum absolute atomic E-state index is 0.131. The van der Waals surface area contributed by atoms with E-state index in [0.29, 0.717) is 16.5 Å². The van der Waals surface area contributed by atoms with Crippen molar-refractivity contribution in [3.8, 4) is 5.95 Å². The van der Waals surface area contributed by atoms with E-state index < -0.39 is 41.1 Å². The number of rotatable bonds is 7. The predicted octanol–water partition coefficient (Wildman–Crippen LogP) is 5.10. The van der Waals surface area contributed by atoms with Gasteiger partial charge in [-0.3, -0.25) is 9.47 Å². The van der Waals surface area contributed by atoms with Crippen LogP contribution in [0, 0.1) is 0 Å². The first kappa shape index (κ1) is 34.5. The number of carbonyl (C=O) groups is 4. The summed E-state index contributed by atoms with van der Waals surface area (Å²) in [6, 6.07) is 8.19. The van der Waals surface area contributed by atoms with Crippen LogP contribution in [0.25, 0.3) is 22.4 Å². The molecule has 0 atom stereocenters. The summed E-state index contributed by atoms with van der Waals surface area (Å²) in [5.74, 6) is -1.05. The van der Waals surface area contributed by atoms with Crippen molar-refractivity contribution in [1.82, 2.24) is 19.4 Å². The van der Waals surface area contributed by atoms with Gasteiger partial charge in [-0.25, -0.2) is 24.3 Å². The van der Waals surface area contributed by atoms with E-state index in [1.807, 2.05) is 0 Å². The maximum absolute atomic E-state index is 13.5. The molecule has 0 saturated carbocycles. The van der Waals surface area contributed by atoms with Gasteiger partial charge in [0.25, 0.3) is 0 Å². The van der Waals surface area contributed by atoms with Gasteiger partial charge in [0, 0.05) is 24.3 Å². The number of anilines is 1. The highest BCUT2D eigenvalue weighted by molar-refractivity contribution is 6.14. The summed E-state index contributed by atoms with van der Waals surface area (Å²) in [7, 11) is 0. The summed E-state index contributed by atoms with van der Waals surface area (Å²) in [5, 5.41) is 12.0. The zero-order chi connectivity index (χ0) is 33.9. The number of hydrogen-bond donors (Lipinski definition) is 0. The lowest BCUT2D eigenvalue weighted by Gasteiger charge is -2.31. The molecule has 0 radical (unpaired) electrons. The Balaban J connectivity index is 2.01. The van der Waals surface area contributed by atoms with Crippen molar-refractivity contribution in [2.45, 2.75) is 79.1 Å². The summed E-state index contributed by atoms with van der Waals surface area (Å²) in [6.45, 7) is 18.1. The van der Waals surface area contributed by atoms with E-state index in [1.54, 1.807) is 97.3 Å². The fourth-order valence-electron chi connectivity index (χ4n) is 3.94. The van der Waals surface area contributed by atoms with E-state index >= 15 is 0 Å². The first-order valence-electron chi connectivity index (χ1n) is 14.2. The number of imide groups is 1. The second-order valence-electron chi connectivity index (χ2n) is 13.2. The molecule has 0 aliphatic carbocycles. The fraction of sp³-hybridized carbons (Fsp3) is 0.438. The third-order valence-electron chi connectivity index (χ3n) is 5.79. The van der Waals surface area contributed by atoms with Crippen LogP contribution in [0.3, 0.4) is 0 Å². The second-order valence-corrected chi connectivity index (χ2v) is 13.2. The third kappa shape index (κ3) is 9.52. The zero-order valence-corrected chi connectivity index (χ0v) is 27.2. The number of benzene rings is 1. The molecule has 2 heterocycles. The fourth-order valence-corrected chi connectivity index (χ4v) is 3.94. The van der Waals surface area contributed by atoms with Gasteiger partial charge in [0.15, 0.2) is 0 Å². The SMILES string of the molecule is C=C(C(=O)[O-])c1ccc2c(ccn2-c2nccc(N(CCN(C(=O)OC(C)(C)C)C(=O)OC(C)(C)C)C(=O)OC(C)(C)C)n2)c1. The molecule has 45 heavy (non-hydrogen) atoms. The predicted molar refractivity (Wildman–Crippen MR) is 166 cm³/mol. The van der Waals surface area contributed by atoms with Crippen LogP contribution in [-0.4, -0.2) is 73.6 Å². The Morgan fingerprint density at radius 1 is 0.822 bits per heavy atom. The van der Waals surface area contributed by atoms with Crippen LogP contribution in [0.15, 0.2) is 49.3 Å². The number of nitrogens with zero attached hydrogens (tertiary/aromatic N) is 5. The molecule has 3 amide bonds. The molecular formula is C32H40N5O8-. The van der Waals surface area contributed by atoms with E-state index in [-0.39, 0.29) is 30.4 Å². The van der Waals surface area contributed by atoms with Crippen LogP contribution in [-0.2, 0) is 19.0 Å². The smallest absolute Gasteiger partial charge is 0.419 e. The highest BCUT2D eigenvalue weighted by Gasteiger charge is 2.33. The first-order chi connectivity index (χ1) is 20.6. The van der Waals surface area contributed by atoms with Crippen molar-refractivity contribution >= 4 is 46.5 Å². The lowest BCUT2D eigenvalue weighted by atomic mass is 10.1. The Bertz CT molecular complexity index is 1580. The first-order valence-corrected chi connectivity index (χ1v) is 14.2. The van der Waals surface area contributed by atoms with Crippen LogP contribution in [0.5, 0.6) is 0 Å². The average Bonchev–Trinajstić information content (AvgIpc) is 3.30. The maximum atomic E-state index is 13.5. The van der Waals surface area contributed by atoms with Crippen molar-refractivity contribution in [1.29, 1.82) is 0 Å². The van der Waals surface area contributed by atoms with E-state index in [9.17, 15) is 24.3 Å². The van der Waals surface area contributed by atoms with E-state index in [1.165, 1.54) is 17.2 Å². The number of carboxylic acids is 1. The summed E-state index contributed by atoms with van der Waals surface area (Å²) in [5.41, 5.74) is -1.77. The molecule has 13 heteroatoms. The van der Waals surface area contributed by atoms with Gasteiger partial charge in [-0.05, 0) is 97.7 Å². The number of aromatic nitrogens is 3. The van der Waals surface area contributed by atoms with Gasteiger partial charge < -0.3 is 24.1 Å². The van der Waals surface area contributed by atoms with Crippen LogP contribution in [0.2, 0.25) is 0 Å². The molecule has 13 nitrogen and oxygen atoms in total. The quantitative estimate of drug-likeness (QED) is 0.257. The lowest BCUT2D eigenvalue weighted by Crippen LogP contribution is -2.48. The van der Waals surface area contributed by atoms with Crippen LogP contribution < -0.4 is 10.0 Å². The van der Waals surface area contributed by atoms with E-state index in [4.69, 9.17) is 14.2 Å². The van der Waals surface area contributed by atoms with Crippen molar-refractivity contribution in [2.24, 2.45) is 0 Å². The molecule has 0 aliphatic heterocycles. The topological polar surface area (TPSA) is 156 Å². The normalized spacial score (nSPS) is 11.9. The van der Waals surface area contributed by atoms with Crippen molar-refractivity contribution in [3.63, 3.8) is 0 Å². The Labute approximate surface area is 262 Å². The minimum Gasteiger partial charge on any atom is -0.545 e. The monoisotopic (exact) mass is 622 g/mol. The maximum Gasteiger partial charge on any atom is 0.419 e. The van der Waals surface area contributed by atoms with E-state index in [0.717, 1.165) is 4.90 Å². The number of amides is 3. The number of fused-ring (bicyclic) bond motifs is 1. The third-order valence-corrected chi connectivity index (χ3v) is 5.79. The molecule has 242 valence electrons. The lowest BCUT2D eigenvalue weighted by molar-refractivity contribution is -0.295. The molecule has 0 bridgehead atoms. The number of carbonyl (C=O) groups excluding carboxylic acids is 4. The Morgan fingerprint density at radius 3 is 1.91 bits per heavy atom. The highest BCUT2D eigenvalue weighted by atomic mass is 16.6. The molecule has 1 aromatic carbocycles. The van der Waals surface area contributed by atoms with Gasteiger partial charge in [-0.2, -0.15) is 4.98 Å². The molecule has 0 aliphatic rings. The Kier molecular flexibility index (Phi) is 9.95. The van der Waals surface area contributed by atoms with Gasteiger partial charge in [-0.1, -0.05) is 12.6 Å². The molecule has 0 spiro atoms. The largest absolute Gasteiger partial charge is 0.545 e. The summed E-state index contributed by atoms with van der Waals surface area (Å²) in [4.78, 5) is 61.8. The van der Waals surface area contributed by atoms with Crippen molar-refractivity contribution in [3.05, 3.63) is 54.9 Å². The standard InChI is InChI=1S/C32H41N5O8/c1-20(25(38)39)21-11-12-23-22(19-21)14-16-35(23)26-33-15-13-24(34-26)36(27(40)43-30(2,3)4)17-18-37(28(41)44-31(5,6)7)29(42)45-32(8,9)10/h11-16,19H,1,17-18H2,2-10H3,(H,38,39)/p-1. The zero-order valence-electron chi connectivity index (χ0n) is 27.2. The Hall–Kier alpha value is -4.94. The van der Waals surface area contributed by atoms with Crippen LogP contribution >= 0.6 is 0 Å². The molecule has 0 N–H and O–H groups in total. The molecule has 0 unspecified atom stereocenters. The molecule has 3 rings (SSSR count). The summed E-state index contributed by atoms with van der Waals surface area (Å²) < 4.78 is 18.2. The number of carboxylic acid groups (broad SMARTS) is 1. The van der Waals surface area contributed by atoms with Gasteiger partial charge in [-0.15, -0.1) is 0 Å². The summed E-state index contributed by atoms with van der Waals surface area (Å²) >= 11 is 0. The molecular weight excluding hydrogens is 582 g/mol. The minimum atomic E-state index is -1.37. The van der Waals surface area contributed by atoms with Crippen LogP contribution in [0.4, 0.5) is 20.2 Å². The van der Waals surface area contributed by atoms with Crippen LogP contribution in [0.1, 0.15) is 67.9 Å². The second kappa shape index (κ2) is 13.0. The van der Waals surface area contributed by atoms with Gasteiger partial charge in [0.05, 0.1) is 18.0 Å². The number of ether oxygens (including phenoxy) is 3. The highest BCUT2D eigenvalue weighted by Crippen LogP contribution is 2.25. The molecule has 0 saturated heterocycles. The Morgan fingerprint density at radius 2 is 1.38 bits per heavy atom. The van der Waals surface area contributed by atoms with Gasteiger partial charge in [0.1, 0.15) is 22.6 Å². The summed E-state index contributed by atoms with van der Waals surface area (Å²) in [6.07, 6.45) is 0.489. The number of aliphatic carboxylic acids is 1.